The molecule has 2 aromatic rings. The molecule has 1 amide bonds. The van der Waals surface area contributed by atoms with Crippen LogP contribution in [0.1, 0.15) is 93.6 Å². The number of hydrogen-bond donors (Lipinski definition) is 2. The first-order valence-electron chi connectivity index (χ1n) is 19.4. The van der Waals surface area contributed by atoms with E-state index in [-0.39, 0.29) is 23.6 Å². The van der Waals surface area contributed by atoms with Crippen molar-refractivity contribution in [3.05, 3.63) is 42.1 Å². The van der Waals surface area contributed by atoms with Crippen LogP contribution >= 0.6 is 0 Å². The van der Waals surface area contributed by atoms with Crippen molar-refractivity contribution in [2.75, 3.05) is 6.54 Å². The predicted molar refractivity (Wildman–Crippen MR) is 198 cm³/mol. The maximum Gasteiger partial charge on any atom is 0.425 e. The minimum atomic E-state index is -1.15. The first-order valence-corrected chi connectivity index (χ1v) is 19.4. The van der Waals surface area contributed by atoms with Crippen LogP contribution in [0.25, 0.3) is 10.9 Å². The summed E-state index contributed by atoms with van der Waals surface area (Å²) in [5, 5.41) is 13.5. The third-order valence-electron chi connectivity index (χ3n) is 11.7. The third kappa shape index (κ3) is 8.77. The van der Waals surface area contributed by atoms with E-state index in [1.165, 1.54) is 11.9 Å². The number of hydrazine groups is 1. The lowest BCUT2D eigenvalue weighted by atomic mass is 9.70. The molecule has 4 heterocycles. The Labute approximate surface area is 313 Å². The molecule has 1 aromatic carbocycles. The van der Waals surface area contributed by atoms with Gasteiger partial charge in [0.25, 0.3) is 0 Å². The van der Waals surface area contributed by atoms with Crippen LogP contribution in [0.5, 0.6) is 0 Å². The number of carbonyl (C=O) groups excluding carboxylic acids is 4. The highest BCUT2D eigenvalue weighted by Crippen LogP contribution is 2.41. The van der Waals surface area contributed by atoms with Gasteiger partial charge in [-0.1, -0.05) is 66.7 Å². The Hall–Kier alpha value is -3.45. The number of nitrogens with one attached hydrogen (secondary N) is 1. The van der Waals surface area contributed by atoms with Crippen molar-refractivity contribution >= 4 is 34.5 Å². The molecule has 5 rings (SSSR count). The number of hydrogen-bond acceptors (Lipinski definition) is 11. The number of esters is 1. The number of ketones is 2. The molecule has 0 saturated carbocycles. The van der Waals surface area contributed by atoms with Gasteiger partial charge in [0.05, 0.1) is 17.7 Å². The molecule has 0 bridgehead atoms. The van der Waals surface area contributed by atoms with E-state index in [9.17, 15) is 24.3 Å². The molecule has 0 spiro atoms. The zero-order valence-corrected chi connectivity index (χ0v) is 32.7. The number of aliphatic hydroxyl groups is 1. The summed E-state index contributed by atoms with van der Waals surface area (Å²) in [6, 6.07) is 9.17. The molecule has 292 valence electrons. The lowest BCUT2D eigenvalue weighted by molar-refractivity contribution is -0.284. The van der Waals surface area contributed by atoms with Crippen molar-refractivity contribution in [3.63, 3.8) is 0 Å². The number of aromatic nitrogens is 1. The van der Waals surface area contributed by atoms with Gasteiger partial charge in [-0.15, -0.1) is 0 Å². The van der Waals surface area contributed by atoms with E-state index >= 15 is 0 Å². The maximum atomic E-state index is 14.4. The van der Waals surface area contributed by atoms with Gasteiger partial charge in [-0.05, 0) is 75.0 Å². The molecule has 53 heavy (non-hydrogen) atoms. The Morgan fingerprint density at radius 3 is 2.42 bits per heavy atom. The average Bonchev–Trinajstić information content (AvgIpc) is 3.45. The number of rotatable bonds is 8. The molecule has 0 aliphatic carbocycles. The number of amides is 1. The second kappa shape index (κ2) is 16.9. The van der Waals surface area contributed by atoms with Crippen LogP contribution in [-0.2, 0) is 39.8 Å². The van der Waals surface area contributed by atoms with Gasteiger partial charge in [0.2, 0.25) is 0 Å². The summed E-state index contributed by atoms with van der Waals surface area (Å²) in [6.07, 6.45) is -0.860. The topological polar surface area (TPSA) is 154 Å². The quantitative estimate of drug-likeness (QED) is 0.192. The Morgan fingerprint density at radius 1 is 0.981 bits per heavy atom. The number of nitrogens with zero attached hydrogens (tertiary/aromatic N) is 2. The van der Waals surface area contributed by atoms with Crippen molar-refractivity contribution < 1.29 is 43.2 Å². The Bertz CT molecular complexity index is 1630. The van der Waals surface area contributed by atoms with Crippen LogP contribution in [0.4, 0.5) is 4.79 Å². The van der Waals surface area contributed by atoms with E-state index in [1.807, 2.05) is 71.9 Å². The summed E-state index contributed by atoms with van der Waals surface area (Å²) >= 11 is 0. The monoisotopic (exact) mass is 737 g/mol. The number of Topliss-reactive ketones (excluding diaryl/α,β-unsaturated/α-hetero) is 2. The molecule has 3 fully saturated rings. The zero-order chi connectivity index (χ0) is 38.8. The third-order valence-corrected chi connectivity index (χ3v) is 11.7. The molecule has 3 saturated heterocycles. The molecule has 12 nitrogen and oxygen atoms in total. The summed E-state index contributed by atoms with van der Waals surface area (Å²) in [4.78, 5) is 60.2. The van der Waals surface area contributed by atoms with Crippen molar-refractivity contribution in [3.8, 4) is 0 Å². The van der Waals surface area contributed by atoms with Crippen LogP contribution in [0, 0.1) is 35.0 Å². The maximum absolute atomic E-state index is 14.4. The summed E-state index contributed by atoms with van der Waals surface area (Å²) in [7, 11) is 0. The number of fused-ring (bicyclic) bond motifs is 2. The molecular formula is C41H59N3O9. The fourth-order valence-electron chi connectivity index (χ4n) is 8.79. The Balaban J connectivity index is 1.41. The second-order valence-corrected chi connectivity index (χ2v) is 16.4. The number of para-hydroxylation sites is 1. The number of carbonyl (C=O) groups is 4. The highest BCUT2D eigenvalue weighted by molar-refractivity contribution is 6.00. The molecule has 1 aromatic heterocycles. The number of pyridine rings is 1. The first-order chi connectivity index (χ1) is 25.0. The standard InChI is InChI=1S/C41H59N3O9/c1-10-31-36-32(44(40(49)52-36)43-18-13-14-28-17-19-42-30-16-12-11-15-29(28)30)25(5)33(45)23(3)21-41(8,9)37(26(6)35(47)27(7)38(48)51-31)53-39-34(46)22(2)20-24(4)50-39/h11-12,15-17,19,22-27,31-32,34,36-37,39,43,46H,10,13-14,18,20-21H2,1-9H3/t22-,23+,24+,25+,26-,27+,31+,32+,34+,36?,37+,39?/m0/s1. The number of ether oxygens (including phenoxy) is 4. The van der Waals surface area contributed by atoms with Crippen molar-refractivity contribution in [1.82, 2.24) is 15.4 Å². The minimum Gasteiger partial charge on any atom is -0.458 e. The number of cyclic esters (lactones) is 1. The highest BCUT2D eigenvalue weighted by atomic mass is 16.7. The van der Waals surface area contributed by atoms with Gasteiger partial charge in [0, 0.05) is 35.9 Å². The number of aryl methyl sites for hydroxylation is 1. The Kier molecular flexibility index (Phi) is 13.0. The molecule has 3 aliphatic rings. The van der Waals surface area contributed by atoms with Gasteiger partial charge >= 0.3 is 12.1 Å². The molecule has 12 heteroatoms. The van der Waals surface area contributed by atoms with Gasteiger partial charge in [-0.25, -0.2) is 15.2 Å². The molecule has 2 N–H and O–H groups in total. The van der Waals surface area contributed by atoms with Gasteiger partial charge in [0.1, 0.15) is 30.0 Å². The van der Waals surface area contributed by atoms with E-state index in [4.69, 9.17) is 18.9 Å². The van der Waals surface area contributed by atoms with Crippen molar-refractivity contribution in [2.24, 2.45) is 35.0 Å². The summed E-state index contributed by atoms with van der Waals surface area (Å²) in [5.74, 6) is -4.48. The largest absolute Gasteiger partial charge is 0.458 e. The van der Waals surface area contributed by atoms with E-state index in [1.54, 1.807) is 20.0 Å². The lowest BCUT2D eigenvalue weighted by Crippen LogP contribution is -2.55. The molecule has 3 aliphatic heterocycles. The smallest absolute Gasteiger partial charge is 0.425 e. The fourth-order valence-corrected chi connectivity index (χ4v) is 8.79. The van der Waals surface area contributed by atoms with Gasteiger partial charge in [0.15, 0.2) is 18.2 Å². The molecule has 12 atom stereocenters. The van der Waals surface area contributed by atoms with Gasteiger partial charge < -0.3 is 24.1 Å². The van der Waals surface area contributed by atoms with E-state index < -0.39 is 77.9 Å². The van der Waals surface area contributed by atoms with E-state index in [0.717, 1.165) is 22.9 Å². The summed E-state index contributed by atoms with van der Waals surface area (Å²) in [6.45, 7) is 16.8. The van der Waals surface area contributed by atoms with Crippen LogP contribution in [0.3, 0.4) is 0 Å². The minimum absolute atomic E-state index is 0.0889. The second-order valence-electron chi connectivity index (χ2n) is 16.4. The van der Waals surface area contributed by atoms with E-state index in [0.29, 0.717) is 32.2 Å². The lowest BCUT2D eigenvalue weighted by Gasteiger charge is -2.45. The normalized spacial score (nSPS) is 35.8. The predicted octanol–water partition coefficient (Wildman–Crippen LogP) is 5.81. The SMILES string of the molecule is CC[C@H]1OC(=O)[C@H](C)C(=O)[C@H](C)[C@@H](OC2O[C@H](C)C[C@H](C)[C@H]2O)C(C)(C)C[C@@H](C)C(=O)[C@H](C)[C@@H]2C1OC(=O)N2NCCCc1ccnc2ccccc12. The zero-order valence-electron chi connectivity index (χ0n) is 32.7. The number of aliphatic hydroxyl groups excluding tert-OH is 1. The van der Waals surface area contributed by atoms with Crippen molar-refractivity contribution in [1.29, 1.82) is 0 Å². The van der Waals surface area contributed by atoms with Gasteiger partial charge in [-0.2, -0.15) is 0 Å². The first kappa shape index (κ1) is 40.7. The summed E-state index contributed by atoms with van der Waals surface area (Å²) in [5.41, 5.74) is 4.52. The van der Waals surface area contributed by atoms with Crippen molar-refractivity contribution in [2.45, 2.75) is 137 Å². The van der Waals surface area contributed by atoms with Gasteiger partial charge in [-0.3, -0.25) is 19.4 Å². The van der Waals surface area contributed by atoms with Crippen LogP contribution < -0.4 is 5.43 Å². The fraction of sp³-hybridized carbons (Fsp3) is 0.683. The van der Waals surface area contributed by atoms with Crippen LogP contribution in [-0.4, -0.2) is 88.1 Å². The number of benzene rings is 1. The van der Waals surface area contributed by atoms with E-state index in [2.05, 4.69) is 10.4 Å². The highest BCUT2D eigenvalue weighted by Gasteiger charge is 2.53. The Morgan fingerprint density at radius 2 is 1.70 bits per heavy atom. The van der Waals surface area contributed by atoms with Crippen LogP contribution in [0.15, 0.2) is 36.5 Å². The van der Waals surface area contributed by atoms with Crippen LogP contribution in [0.2, 0.25) is 0 Å². The molecule has 2 unspecified atom stereocenters. The summed E-state index contributed by atoms with van der Waals surface area (Å²) < 4.78 is 24.5. The molecular weight excluding hydrogens is 678 g/mol. The average molecular weight is 738 g/mol. The molecule has 0 radical (unpaired) electrons.